The predicted molar refractivity (Wildman–Crippen MR) is 80.0 cm³/mol. The van der Waals surface area contributed by atoms with Crippen LogP contribution in [0.4, 0.5) is 10.1 Å². The quantitative estimate of drug-likeness (QED) is 0.812. The molecule has 3 nitrogen and oxygen atoms in total. The largest absolute Gasteiger partial charge is 0.429 e. The van der Waals surface area contributed by atoms with Crippen molar-refractivity contribution >= 4 is 13.2 Å². The van der Waals surface area contributed by atoms with Gasteiger partial charge in [-0.05, 0) is 42.3 Å². The number of aryl methyl sites for hydroxylation is 1. The highest BCUT2D eigenvalue weighted by molar-refractivity contribution is 7.60. The summed E-state index contributed by atoms with van der Waals surface area (Å²) in [4.78, 5) is 0. The van der Waals surface area contributed by atoms with Gasteiger partial charge in [-0.15, -0.1) is 0 Å². The Bertz CT molecular complexity index is 628. The minimum absolute atomic E-state index is 0.387. The van der Waals surface area contributed by atoms with Crippen LogP contribution in [0.25, 0.3) is 0 Å². The first-order chi connectivity index (χ1) is 9.48. The SMILES string of the molecule is CCc1ccc(O[P@@](C)(=O)Nc2cccc(F)c2)cc1. The summed E-state index contributed by atoms with van der Waals surface area (Å²) in [5.41, 5.74) is 1.61. The minimum atomic E-state index is -3.10. The van der Waals surface area contributed by atoms with Crippen molar-refractivity contribution in [1.82, 2.24) is 0 Å². The van der Waals surface area contributed by atoms with Gasteiger partial charge in [0.05, 0.1) is 0 Å². The van der Waals surface area contributed by atoms with E-state index in [4.69, 9.17) is 4.52 Å². The smallest absolute Gasteiger partial charge is 0.338 e. The van der Waals surface area contributed by atoms with Gasteiger partial charge in [0.15, 0.2) is 0 Å². The van der Waals surface area contributed by atoms with Crippen LogP contribution in [0.5, 0.6) is 5.75 Å². The second-order valence-corrected chi connectivity index (χ2v) is 6.65. The predicted octanol–water partition coefficient (Wildman–Crippen LogP) is 4.70. The number of rotatable bonds is 5. The number of hydrogen-bond donors (Lipinski definition) is 1. The van der Waals surface area contributed by atoms with Gasteiger partial charge in [0.2, 0.25) is 0 Å². The second kappa shape index (κ2) is 6.10. The fourth-order valence-corrected chi connectivity index (χ4v) is 2.98. The molecule has 1 N–H and O–H groups in total. The van der Waals surface area contributed by atoms with E-state index in [2.05, 4.69) is 12.0 Å². The number of anilines is 1. The van der Waals surface area contributed by atoms with Crippen LogP contribution in [0.2, 0.25) is 0 Å². The Kier molecular flexibility index (Phi) is 4.46. The van der Waals surface area contributed by atoms with Gasteiger partial charge in [0.25, 0.3) is 0 Å². The molecule has 0 saturated heterocycles. The molecule has 0 spiro atoms. The minimum Gasteiger partial charge on any atom is -0.429 e. The molecule has 0 radical (unpaired) electrons. The maximum Gasteiger partial charge on any atom is 0.338 e. The Morgan fingerprint density at radius 1 is 1.20 bits per heavy atom. The summed E-state index contributed by atoms with van der Waals surface area (Å²) >= 11 is 0. The fraction of sp³-hybridized carbons (Fsp3) is 0.200. The Hall–Kier alpha value is -1.80. The number of hydrogen-bond acceptors (Lipinski definition) is 2. The van der Waals surface area contributed by atoms with E-state index < -0.39 is 7.52 Å². The average Bonchev–Trinajstić information content (AvgIpc) is 2.38. The maximum absolute atomic E-state index is 13.1. The molecule has 0 heterocycles. The van der Waals surface area contributed by atoms with Crippen LogP contribution in [0.1, 0.15) is 12.5 Å². The van der Waals surface area contributed by atoms with Crippen LogP contribution in [0, 0.1) is 5.82 Å². The van der Waals surface area contributed by atoms with Gasteiger partial charge in [-0.25, -0.2) is 4.39 Å². The lowest BCUT2D eigenvalue weighted by Crippen LogP contribution is -2.02. The molecule has 0 saturated carbocycles. The van der Waals surface area contributed by atoms with Crippen LogP contribution in [0.3, 0.4) is 0 Å². The third kappa shape index (κ3) is 4.10. The van der Waals surface area contributed by atoms with Gasteiger partial charge in [-0.2, -0.15) is 0 Å². The second-order valence-electron chi connectivity index (χ2n) is 4.56. The molecule has 20 heavy (non-hydrogen) atoms. The molecular formula is C15H17FNO2P. The van der Waals surface area contributed by atoms with E-state index in [-0.39, 0.29) is 5.82 Å². The number of nitrogens with one attached hydrogen (secondary N) is 1. The molecule has 0 fully saturated rings. The normalized spacial score (nSPS) is 13.6. The zero-order valence-corrected chi connectivity index (χ0v) is 12.4. The number of halogens is 1. The molecular weight excluding hydrogens is 276 g/mol. The van der Waals surface area contributed by atoms with Crippen molar-refractivity contribution in [3.63, 3.8) is 0 Å². The Morgan fingerprint density at radius 2 is 1.90 bits per heavy atom. The maximum atomic E-state index is 13.1. The van der Waals surface area contributed by atoms with Crippen molar-refractivity contribution in [3.8, 4) is 5.75 Å². The van der Waals surface area contributed by atoms with Crippen molar-refractivity contribution in [2.45, 2.75) is 13.3 Å². The summed E-state index contributed by atoms with van der Waals surface area (Å²) in [6, 6.07) is 13.2. The first kappa shape index (κ1) is 14.6. The molecule has 0 aliphatic heterocycles. The molecule has 0 aliphatic carbocycles. The van der Waals surface area contributed by atoms with Crippen LogP contribution >= 0.6 is 7.52 Å². The molecule has 0 amide bonds. The molecule has 2 aromatic rings. The van der Waals surface area contributed by atoms with Crippen LogP contribution in [-0.4, -0.2) is 6.66 Å². The molecule has 2 rings (SSSR count). The van der Waals surface area contributed by atoms with Crippen LogP contribution < -0.4 is 9.61 Å². The highest BCUT2D eigenvalue weighted by Gasteiger charge is 2.17. The van der Waals surface area contributed by atoms with Crippen molar-refractivity contribution < 1.29 is 13.5 Å². The Morgan fingerprint density at radius 3 is 2.50 bits per heavy atom. The zero-order chi connectivity index (χ0) is 14.6. The average molecular weight is 293 g/mol. The third-order valence-electron chi connectivity index (χ3n) is 2.77. The summed E-state index contributed by atoms with van der Waals surface area (Å²) in [5, 5.41) is 2.73. The van der Waals surface area contributed by atoms with Crippen molar-refractivity contribution in [2.24, 2.45) is 0 Å². The molecule has 5 heteroatoms. The van der Waals surface area contributed by atoms with E-state index in [1.54, 1.807) is 24.3 Å². The molecule has 1 atom stereocenters. The van der Waals surface area contributed by atoms with E-state index in [1.807, 2.05) is 12.1 Å². The summed E-state index contributed by atoms with van der Waals surface area (Å²) in [6.45, 7) is 3.53. The third-order valence-corrected chi connectivity index (χ3v) is 3.99. The Balaban J connectivity index is 2.08. The summed E-state index contributed by atoms with van der Waals surface area (Å²) < 4.78 is 30.9. The zero-order valence-electron chi connectivity index (χ0n) is 11.5. The summed E-state index contributed by atoms with van der Waals surface area (Å²) in [6.07, 6.45) is 0.936. The van der Waals surface area contributed by atoms with Crippen molar-refractivity contribution in [2.75, 3.05) is 11.8 Å². The Labute approximate surface area is 118 Å². The lowest BCUT2D eigenvalue weighted by molar-refractivity contribution is 0.493. The monoisotopic (exact) mass is 293 g/mol. The molecule has 2 aromatic carbocycles. The molecule has 0 aliphatic rings. The fourth-order valence-electron chi connectivity index (χ4n) is 1.80. The molecule has 0 bridgehead atoms. The van der Waals surface area contributed by atoms with Crippen molar-refractivity contribution in [1.29, 1.82) is 0 Å². The summed E-state index contributed by atoms with van der Waals surface area (Å²) in [5.74, 6) is 0.138. The lowest BCUT2D eigenvalue weighted by Gasteiger charge is -2.17. The highest BCUT2D eigenvalue weighted by atomic mass is 31.2. The van der Waals surface area contributed by atoms with Crippen LogP contribution in [-0.2, 0) is 11.0 Å². The van der Waals surface area contributed by atoms with E-state index in [1.165, 1.54) is 24.4 Å². The van der Waals surface area contributed by atoms with Gasteiger partial charge in [0, 0.05) is 12.4 Å². The van der Waals surface area contributed by atoms with E-state index in [9.17, 15) is 8.96 Å². The summed E-state index contributed by atoms with van der Waals surface area (Å²) in [7, 11) is -3.10. The first-order valence-electron chi connectivity index (χ1n) is 6.38. The van der Waals surface area contributed by atoms with Gasteiger partial charge >= 0.3 is 7.52 Å². The number of benzene rings is 2. The lowest BCUT2D eigenvalue weighted by atomic mass is 10.2. The molecule has 106 valence electrons. The topological polar surface area (TPSA) is 38.3 Å². The van der Waals surface area contributed by atoms with Gasteiger partial charge < -0.3 is 9.61 Å². The first-order valence-corrected chi connectivity index (χ1v) is 8.45. The van der Waals surface area contributed by atoms with Gasteiger partial charge in [0.1, 0.15) is 11.6 Å². The molecule has 0 unspecified atom stereocenters. The van der Waals surface area contributed by atoms with E-state index >= 15 is 0 Å². The van der Waals surface area contributed by atoms with Gasteiger partial charge in [-0.3, -0.25) is 4.57 Å². The van der Waals surface area contributed by atoms with Crippen LogP contribution in [0.15, 0.2) is 48.5 Å². The van der Waals surface area contributed by atoms with E-state index in [0.29, 0.717) is 11.4 Å². The highest BCUT2D eigenvalue weighted by Crippen LogP contribution is 2.43. The molecule has 0 aromatic heterocycles. The van der Waals surface area contributed by atoms with Gasteiger partial charge in [-0.1, -0.05) is 25.1 Å². The standard InChI is InChI=1S/C15H17FNO2P/c1-3-12-7-9-15(10-8-12)19-20(2,18)17-14-6-4-5-13(16)11-14/h4-11H,3H2,1-2H3,(H,17,18)/t20-/m1/s1. The van der Waals surface area contributed by atoms with E-state index in [0.717, 1.165) is 6.42 Å². The van der Waals surface area contributed by atoms with Crippen molar-refractivity contribution in [3.05, 3.63) is 59.9 Å².